The summed E-state index contributed by atoms with van der Waals surface area (Å²) in [5.74, 6) is 1.58. The molecule has 0 bridgehead atoms. The molecule has 162 valence electrons. The number of amides is 1. The second-order valence-electron chi connectivity index (χ2n) is 8.38. The van der Waals surface area contributed by atoms with Crippen molar-refractivity contribution >= 4 is 34.4 Å². The SMILES string of the molecule is CCCn1ncc2c(Nc3cccc(C(=O)N4CCCC4)c3)nc(N3CCCC3)nc21. The molecular weight excluding hydrogens is 390 g/mol. The van der Waals surface area contributed by atoms with Crippen LogP contribution in [0.4, 0.5) is 17.5 Å². The fourth-order valence-corrected chi connectivity index (χ4v) is 4.44. The fourth-order valence-electron chi connectivity index (χ4n) is 4.44. The van der Waals surface area contributed by atoms with Crippen molar-refractivity contribution in [2.75, 3.05) is 36.4 Å². The number of nitrogens with one attached hydrogen (secondary N) is 1. The Morgan fingerprint density at radius 2 is 1.84 bits per heavy atom. The Kier molecular flexibility index (Phi) is 5.44. The molecule has 3 aromatic rings. The summed E-state index contributed by atoms with van der Waals surface area (Å²) in [7, 11) is 0. The van der Waals surface area contributed by atoms with E-state index in [1.807, 2.05) is 40.0 Å². The smallest absolute Gasteiger partial charge is 0.253 e. The maximum absolute atomic E-state index is 12.8. The van der Waals surface area contributed by atoms with Crippen LogP contribution in [0.5, 0.6) is 0 Å². The number of carbonyl (C=O) groups is 1. The number of aryl methyl sites for hydroxylation is 1. The highest BCUT2D eigenvalue weighted by Gasteiger charge is 2.21. The summed E-state index contributed by atoms with van der Waals surface area (Å²) in [6.45, 7) is 6.61. The second-order valence-corrected chi connectivity index (χ2v) is 8.38. The first-order valence-corrected chi connectivity index (χ1v) is 11.4. The van der Waals surface area contributed by atoms with E-state index in [2.05, 4.69) is 22.2 Å². The summed E-state index contributed by atoms with van der Waals surface area (Å²) < 4.78 is 1.95. The number of rotatable bonds is 6. The number of benzene rings is 1. The highest BCUT2D eigenvalue weighted by molar-refractivity contribution is 5.96. The molecule has 31 heavy (non-hydrogen) atoms. The Balaban J connectivity index is 1.49. The molecular formula is C23H29N7O. The van der Waals surface area contributed by atoms with Crippen LogP contribution in [0, 0.1) is 0 Å². The van der Waals surface area contributed by atoms with Gasteiger partial charge >= 0.3 is 0 Å². The lowest BCUT2D eigenvalue weighted by atomic mass is 10.1. The van der Waals surface area contributed by atoms with Crippen molar-refractivity contribution in [2.45, 2.75) is 45.6 Å². The van der Waals surface area contributed by atoms with Crippen LogP contribution in [-0.2, 0) is 6.54 Å². The van der Waals surface area contributed by atoms with E-state index in [1.54, 1.807) is 0 Å². The van der Waals surface area contributed by atoms with Crippen molar-refractivity contribution in [1.82, 2.24) is 24.6 Å². The van der Waals surface area contributed by atoms with Gasteiger partial charge in [0.1, 0.15) is 5.82 Å². The molecule has 1 N–H and O–H groups in total. The van der Waals surface area contributed by atoms with Gasteiger partial charge < -0.3 is 15.1 Å². The van der Waals surface area contributed by atoms with Crippen molar-refractivity contribution in [3.63, 3.8) is 0 Å². The Hall–Kier alpha value is -3.16. The van der Waals surface area contributed by atoms with E-state index in [9.17, 15) is 4.79 Å². The molecule has 2 aromatic heterocycles. The molecule has 2 aliphatic rings. The van der Waals surface area contributed by atoms with E-state index < -0.39 is 0 Å². The molecule has 4 heterocycles. The minimum Gasteiger partial charge on any atom is -0.341 e. The minimum absolute atomic E-state index is 0.0995. The average Bonchev–Trinajstić information content (AvgIpc) is 3.56. The van der Waals surface area contributed by atoms with E-state index in [0.29, 0.717) is 5.56 Å². The monoisotopic (exact) mass is 419 g/mol. The highest BCUT2D eigenvalue weighted by Crippen LogP contribution is 2.28. The van der Waals surface area contributed by atoms with E-state index in [-0.39, 0.29) is 5.91 Å². The van der Waals surface area contributed by atoms with Crippen LogP contribution in [0.3, 0.4) is 0 Å². The number of carbonyl (C=O) groups excluding carboxylic acids is 1. The molecule has 5 rings (SSSR count). The number of likely N-dealkylation sites (tertiary alicyclic amines) is 1. The molecule has 0 saturated carbocycles. The highest BCUT2D eigenvalue weighted by atomic mass is 16.2. The summed E-state index contributed by atoms with van der Waals surface area (Å²) in [6, 6.07) is 7.70. The first-order chi connectivity index (χ1) is 15.2. The van der Waals surface area contributed by atoms with Gasteiger partial charge in [-0.15, -0.1) is 0 Å². The van der Waals surface area contributed by atoms with Crippen LogP contribution < -0.4 is 10.2 Å². The molecule has 0 atom stereocenters. The van der Waals surface area contributed by atoms with Crippen LogP contribution in [0.15, 0.2) is 30.5 Å². The van der Waals surface area contributed by atoms with Crippen molar-refractivity contribution in [3.05, 3.63) is 36.0 Å². The Morgan fingerprint density at radius 3 is 2.61 bits per heavy atom. The molecule has 8 nitrogen and oxygen atoms in total. The quantitative estimate of drug-likeness (QED) is 0.654. The number of fused-ring (bicyclic) bond motifs is 1. The van der Waals surface area contributed by atoms with Crippen molar-refractivity contribution in [2.24, 2.45) is 0 Å². The van der Waals surface area contributed by atoms with Crippen LogP contribution >= 0.6 is 0 Å². The van der Waals surface area contributed by atoms with E-state index in [0.717, 1.165) is 80.5 Å². The molecule has 1 aromatic carbocycles. The van der Waals surface area contributed by atoms with Crippen LogP contribution in [0.25, 0.3) is 11.0 Å². The third-order valence-corrected chi connectivity index (χ3v) is 6.07. The molecule has 2 aliphatic heterocycles. The normalized spacial score (nSPS) is 16.4. The summed E-state index contributed by atoms with van der Waals surface area (Å²) in [6.07, 6.45) is 7.33. The third kappa shape index (κ3) is 3.94. The molecule has 0 unspecified atom stereocenters. The van der Waals surface area contributed by atoms with Gasteiger partial charge in [-0.25, -0.2) is 4.68 Å². The number of aromatic nitrogens is 4. The molecule has 0 radical (unpaired) electrons. The predicted molar refractivity (Wildman–Crippen MR) is 122 cm³/mol. The van der Waals surface area contributed by atoms with Crippen molar-refractivity contribution < 1.29 is 4.79 Å². The maximum atomic E-state index is 12.8. The van der Waals surface area contributed by atoms with Crippen LogP contribution in [-0.4, -0.2) is 56.7 Å². The Morgan fingerprint density at radius 1 is 1.06 bits per heavy atom. The van der Waals surface area contributed by atoms with Gasteiger partial charge in [0.05, 0.1) is 11.6 Å². The third-order valence-electron chi connectivity index (χ3n) is 6.07. The first-order valence-electron chi connectivity index (χ1n) is 11.4. The molecule has 1 amide bonds. The van der Waals surface area contributed by atoms with Crippen LogP contribution in [0.2, 0.25) is 0 Å². The lowest BCUT2D eigenvalue weighted by molar-refractivity contribution is 0.0793. The topological polar surface area (TPSA) is 79.2 Å². The van der Waals surface area contributed by atoms with Gasteiger partial charge in [0.15, 0.2) is 5.65 Å². The lowest BCUT2D eigenvalue weighted by Crippen LogP contribution is -2.27. The van der Waals surface area contributed by atoms with Crippen molar-refractivity contribution in [3.8, 4) is 0 Å². The van der Waals surface area contributed by atoms with Crippen LogP contribution in [0.1, 0.15) is 49.4 Å². The van der Waals surface area contributed by atoms with Gasteiger partial charge in [-0.3, -0.25) is 4.79 Å². The van der Waals surface area contributed by atoms with Gasteiger partial charge in [-0.05, 0) is 50.3 Å². The summed E-state index contributed by atoms with van der Waals surface area (Å²) >= 11 is 0. The Bertz CT molecular complexity index is 1080. The van der Waals surface area contributed by atoms with Crippen molar-refractivity contribution in [1.29, 1.82) is 0 Å². The molecule has 8 heteroatoms. The second kappa shape index (κ2) is 8.53. The first kappa shape index (κ1) is 19.8. The molecule has 2 saturated heterocycles. The van der Waals surface area contributed by atoms with E-state index >= 15 is 0 Å². The number of anilines is 3. The zero-order valence-corrected chi connectivity index (χ0v) is 18.0. The zero-order valence-electron chi connectivity index (χ0n) is 18.0. The predicted octanol–water partition coefficient (Wildman–Crippen LogP) is 3.82. The molecule has 0 aliphatic carbocycles. The summed E-state index contributed by atoms with van der Waals surface area (Å²) in [5, 5.41) is 8.89. The zero-order chi connectivity index (χ0) is 21.2. The van der Waals surface area contributed by atoms with Gasteiger partial charge in [0, 0.05) is 44.0 Å². The largest absolute Gasteiger partial charge is 0.341 e. The Labute approximate surface area is 182 Å². The molecule has 0 spiro atoms. The van der Waals surface area contributed by atoms with E-state index in [4.69, 9.17) is 9.97 Å². The maximum Gasteiger partial charge on any atom is 0.253 e. The number of hydrogen-bond donors (Lipinski definition) is 1. The fraction of sp³-hybridized carbons (Fsp3) is 0.478. The standard InChI is InChI=1S/C23H29N7O/c1-2-10-30-21-19(16-24-30)20(26-23(27-21)29-13-5-6-14-29)25-18-9-7-8-17(15-18)22(31)28-11-3-4-12-28/h7-9,15-16H,2-6,10-14H2,1H3,(H,25,26,27). The van der Waals surface area contributed by atoms with Gasteiger partial charge in [-0.2, -0.15) is 15.1 Å². The minimum atomic E-state index is 0.0995. The van der Waals surface area contributed by atoms with Gasteiger partial charge in [0.25, 0.3) is 5.91 Å². The number of hydrogen-bond acceptors (Lipinski definition) is 6. The lowest BCUT2D eigenvalue weighted by Gasteiger charge is -2.18. The summed E-state index contributed by atoms with van der Waals surface area (Å²) in [5.41, 5.74) is 2.41. The van der Waals surface area contributed by atoms with E-state index in [1.165, 1.54) is 12.8 Å². The summed E-state index contributed by atoms with van der Waals surface area (Å²) in [4.78, 5) is 26.7. The van der Waals surface area contributed by atoms with Gasteiger partial charge in [-0.1, -0.05) is 13.0 Å². The number of nitrogens with zero attached hydrogens (tertiary/aromatic N) is 6. The molecule has 2 fully saturated rings. The van der Waals surface area contributed by atoms with Gasteiger partial charge in [0.2, 0.25) is 5.95 Å². The average molecular weight is 420 g/mol.